The predicted molar refractivity (Wildman–Crippen MR) is 80.0 cm³/mol. The molecule has 1 aromatic carbocycles. The fourth-order valence-electron chi connectivity index (χ4n) is 3.31. The molecule has 2 saturated heterocycles. The minimum absolute atomic E-state index is 0.148. The van der Waals surface area contributed by atoms with Crippen LogP contribution in [0.1, 0.15) is 24.3 Å². The summed E-state index contributed by atoms with van der Waals surface area (Å²) >= 11 is 0. The monoisotopic (exact) mass is 282 g/mol. The van der Waals surface area contributed by atoms with Crippen LogP contribution in [0.15, 0.2) is 36.7 Å². The number of carbonyl (C=O) groups is 1. The van der Waals surface area contributed by atoms with Crippen LogP contribution in [0.4, 0.5) is 0 Å². The lowest BCUT2D eigenvalue weighted by atomic mass is 9.86. The summed E-state index contributed by atoms with van der Waals surface area (Å²) in [6.07, 6.45) is 5.68. The van der Waals surface area contributed by atoms with E-state index in [4.69, 9.17) is 4.74 Å². The zero-order valence-electron chi connectivity index (χ0n) is 11.9. The molecular formula is C17H18N2O2. The lowest BCUT2D eigenvalue weighted by Gasteiger charge is -2.32. The maximum atomic E-state index is 12.0. The Kier molecular flexibility index (Phi) is 3.11. The van der Waals surface area contributed by atoms with Gasteiger partial charge >= 0.3 is 0 Å². The number of amides is 1. The summed E-state index contributed by atoms with van der Waals surface area (Å²) in [5.74, 6) is 0.704. The molecule has 4 nitrogen and oxygen atoms in total. The van der Waals surface area contributed by atoms with Gasteiger partial charge in [0.25, 0.3) is 5.91 Å². The normalized spacial score (nSPS) is 22.5. The maximum Gasteiger partial charge on any atom is 0.254 e. The third-order valence-electron chi connectivity index (χ3n) is 4.57. The molecule has 0 bridgehead atoms. The van der Waals surface area contributed by atoms with E-state index < -0.39 is 0 Å². The minimum atomic E-state index is -0.148. The highest BCUT2D eigenvalue weighted by molar-refractivity contribution is 5.85. The molecule has 21 heavy (non-hydrogen) atoms. The first-order chi connectivity index (χ1) is 10.3. The molecule has 2 fully saturated rings. The second-order valence-electron chi connectivity index (χ2n) is 5.87. The van der Waals surface area contributed by atoms with E-state index in [0.717, 1.165) is 25.9 Å². The molecule has 4 rings (SSSR count). The van der Waals surface area contributed by atoms with Crippen molar-refractivity contribution in [1.82, 2.24) is 9.88 Å². The van der Waals surface area contributed by atoms with Crippen molar-refractivity contribution >= 4 is 16.7 Å². The van der Waals surface area contributed by atoms with Crippen molar-refractivity contribution in [2.45, 2.75) is 24.9 Å². The molecule has 1 atom stereocenters. The highest BCUT2D eigenvalue weighted by Crippen LogP contribution is 2.33. The molecule has 2 aliphatic rings. The van der Waals surface area contributed by atoms with Crippen LogP contribution in [-0.2, 0) is 9.53 Å². The lowest BCUT2D eigenvalue weighted by Crippen LogP contribution is -2.40. The van der Waals surface area contributed by atoms with E-state index >= 15 is 0 Å². The SMILES string of the molecule is O=C(C1CO1)N1CCC(c2cccc3cnccc23)CC1. The first-order valence-electron chi connectivity index (χ1n) is 7.56. The second-order valence-corrected chi connectivity index (χ2v) is 5.87. The van der Waals surface area contributed by atoms with Crippen LogP contribution in [0.25, 0.3) is 10.8 Å². The maximum absolute atomic E-state index is 12.0. The predicted octanol–water partition coefficient (Wildman–Crippen LogP) is 2.34. The van der Waals surface area contributed by atoms with E-state index in [9.17, 15) is 4.79 Å². The Morgan fingerprint density at radius 1 is 1.24 bits per heavy atom. The van der Waals surface area contributed by atoms with Gasteiger partial charge in [0, 0.05) is 30.9 Å². The summed E-state index contributed by atoms with van der Waals surface area (Å²) in [5.41, 5.74) is 1.39. The van der Waals surface area contributed by atoms with E-state index in [1.165, 1.54) is 16.3 Å². The fraction of sp³-hybridized carbons (Fsp3) is 0.412. The zero-order valence-corrected chi connectivity index (χ0v) is 11.9. The Balaban J connectivity index is 1.53. The quantitative estimate of drug-likeness (QED) is 0.794. The molecule has 108 valence electrons. The van der Waals surface area contributed by atoms with E-state index in [-0.39, 0.29) is 12.0 Å². The Morgan fingerprint density at radius 3 is 2.81 bits per heavy atom. The molecule has 0 N–H and O–H groups in total. The number of benzene rings is 1. The van der Waals surface area contributed by atoms with Gasteiger partial charge in [-0.25, -0.2) is 0 Å². The smallest absolute Gasteiger partial charge is 0.254 e. The number of piperidine rings is 1. The number of epoxide rings is 1. The number of ether oxygens (including phenoxy) is 1. The van der Waals surface area contributed by atoms with Gasteiger partial charge in [-0.2, -0.15) is 0 Å². The van der Waals surface area contributed by atoms with Gasteiger partial charge in [-0.1, -0.05) is 18.2 Å². The summed E-state index contributed by atoms with van der Waals surface area (Å²) in [4.78, 5) is 18.2. The molecule has 1 amide bonds. The van der Waals surface area contributed by atoms with Gasteiger partial charge in [0.1, 0.15) is 0 Å². The second kappa shape index (κ2) is 5.11. The molecular weight excluding hydrogens is 264 g/mol. The average molecular weight is 282 g/mol. The van der Waals surface area contributed by atoms with Gasteiger partial charge < -0.3 is 9.64 Å². The van der Waals surface area contributed by atoms with Gasteiger partial charge in [0.15, 0.2) is 6.10 Å². The third kappa shape index (κ3) is 2.40. The Morgan fingerprint density at radius 2 is 2.05 bits per heavy atom. The van der Waals surface area contributed by atoms with Crippen LogP contribution < -0.4 is 0 Å². The largest absolute Gasteiger partial charge is 0.363 e. The first-order valence-corrected chi connectivity index (χ1v) is 7.56. The summed E-state index contributed by atoms with van der Waals surface area (Å²) in [7, 11) is 0. The van der Waals surface area contributed by atoms with Crippen LogP contribution in [0.5, 0.6) is 0 Å². The van der Waals surface area contributed by atoms with Crippen molar-refractivity contribution in [3.63, 3.8) is 0 Å². The average Bonchev–Trinajstić information content (AvgIpc) is 3.39. The van der Waals surface area contributed by atoms with E-state index in [2.05, 4.69) is 29.2 Å². The van der Waals surface area contributed by atoms with Crippen molar-refractivity contribution in [3.8, 4) is 0 Å². The van der Waals surface area contributed by atoms with Crippen molar-refractivity contribution in [3.05, 3.63) is 42.2 Å². The highest BCUT2D eigenvalue weighted by Gasteiger charge is 2.36. The Bertz CT molecular complexity index is 668. The molecule has 3 heterocycles. The molecule has 0 spiro atoms. The first kappa shape index (κ1) is 12.8. The number of rotatable bonds is 2. The van der Waals surface area contributed by atoms with E-state index in [1.807, 2.05) is 17.3 Å². The Hall–Kier alpha value is -1.94. The fourth-order valence-corrected chi connectivity index (χ4v) is 3.31. The summed E-state index contributed by atoms with van der Waals surface area (Å²) in [5, 5.41) is 2.49. The minimum Gasteiger partial charge on any atom is -0.363 e. The number of nitrogens with zero attached hydrogens (tertiary/aromatic N) is 2. The van der Waals surface area contributed by atoms with Crippen LogP contribution in [0.3, 0.4) is 0 Å². The number of aromatic nitrogens is 1. The van der Waals surface area contributed by atoms with Crippen LogP contribution in [-0.4, -0.2) is 41.6 Å². The van der Waals surface area contributed by atoms with Gasteiger partial charge in [0.05, 0.1) is 6.61 Å². The molecule has 1 aromatic heterocycles. The summed E-state index contributed by atoms with van der Waals surface area (Å²) in [6.45, 7) is 2.28. The van der Waals surface area contributed by atoms with Crippen molar-refractivity contribution in [2.75, 3.05) is 19.7 Å². The lowest BCUT2D eigenvalue weighted by molar-refractivity contribution is -0.133. The standard InChI is InChI=1S/C17H18N2O2/c20-17(16-11-21-16)19-8-5-12(6-9-19)14-3-1-2-13-10-18-7-4-15(13)14/h1-4,7,10,12,16H,5-6,8-9,11H2. The number of hydrogen-bond acceptors (Lipinski definition) is 3. The number of hydrogen-bond donors (Lipinski definition) is 0. The van der Waals surface area contributed by atoms with Crippen molar-refractivity contribution in [1.29, 1.82) is 0 Å². The summed E-state index contributed by atoms with van der Waals surface area (Å²) in [6, 6.07) is 8.53. The van der Waals surface area contributed by atoms with Gasteiger partial charge in [-0.05, 0) is 35.8 Å². The van der Waals surface area contributed by atoms with Gasteiger partial charge in [-0.15, -0.1) is 0 Å². The van der Waals surface area contributed by atoms with Gasteiger partial charge in [-0.3, -0.25) is 9.78 Å². The van der Waals surface area contributed by atoms with Crippen LogP contribution >= 0.6 is 0 Å². The zero-order chi connectivity index (χ0) is 14.2. The topological polar surface area (TPSA) is 45.7 Å². The molecule has 0 radical (unpaired) electrons. The van der Waals surface area contributed by atoms with Crippen LogP contribution in [0, 0.1) is 0 Å². The highest BCUT2D eigenvalue weighted by atomic mass is 16.6. The number of likely N-dealkylation sites (tertiary alicyclic amines) is 1. The molecule has 0 saturated carbocycles. The molecule has 1 unspecified atom stereocenters. The Labute approximate surface area is 123 Å². The molecule has 0 aliphatic carbocycles. The molecule has 2 aromatic rings. The van der Waals surface area contributed by atoms with Crippen LogP contribution in [0.2, 0.25) is 0 Å². The van der Waals surface area contributed by atoms with Crippen molar-refractivity contribution < 1.29 is 9.53 Å². The molecule has 2 aliphatic heterocycles. The molecule has 4 heteroatoms. The summed E-state index contributed by atoms with van der Waals surface area (Å²) < 4.78 is 5.09. The third-order valence-corrected chi connectivity index (χ3v) is 4.57. The van der Waals surface area contributed by atoms with Crippen molar-refractivity contribution in [2.24, 2.45) is 0 Å². The number of fused-ring (bicyclic) bond motifs is 1. The van der Waals surface area contributed by atoms with Gasteiger partial charge in [0.2, 0.25) is 0 Å². The number of pyridine rings is 1. The van der Waals surface area contributed by atoms with E-state index in [0.29, 0.717) is 12.5 Å². The number of carbonyl (C=O) groups excluding carboxylic acids is 1. The van der Waals surface area contributed by atoms with E-state index in [1.54, 1.807) is 0 Å².